The van der Waals surface area contributed by atoms with Gasteiger partial charge >= 0.3 is 0 Å². The molecule has 1 N–H and O–H groups in total. The Balaban J connectivity index is 2.23. The van der Waals surface area contributed by atoms with Crippen LogP contribution >= 0.6 is 39.1 Å². The zero-order chi connectivity index (χ0) is 14.0. The number of hydrogen-bond acceptors (Lipinski definition) is 1. The van der Waals surface area contributed by atoms with E-state index < -0.39 is 5.82 Å². The van der Waals surface area contributed by atoms with Crippen molar-refractivity contribution in [3.05, 3.63) is 62.3 Å². The topological polar surface area (TPSA) is 29.1 Å². The molecule has 1 amide bonds. The van der Waals surface area contributed by atoms with Crippen LogP contribution in [0.5, 0.6) is 0 Å². The van der Waals surface area contributed by atoms with Crippen molar-refractivity contribution < 1.29 is 9.18 Å². The van der Waals surface area contributed by atoms with Gasteiger partial charge < -0.3 is 5.32 Å². The molecule has 0 bridgehead atoms. The maximum atomic E-state index is 13.0. The summed E-state index contributed by atoms with van der Waals surface area (Å²) < 4.78 is 13.7. The molecule has 0 aliphatic carbocycles. The highest BCUT2D eigenvalue weighted by atomic mass is 79.9. The molecule has 0 saturated carbocycles. The molecule has 0 radical (unpaired) electrons. The highest BCUT2D eigenvalue weighted by Crippen LogP contribution is 2.26. The van der Waals surface area contributed by atoms with Crippen LogP contribution in [0, 0.1) is 5.82 Å². The van der Waals surface area contributed by atoms with Crippen LogP contribution in [0.15, 0.2) is 40.9 Å². The molecule has 2 aromatic carbocycles. The van der Waals surface area contributed by atoms with E-state index in [4.69, 9.17) is 23.2 Å². The van der Waals surface area contributed by atoms with Crippen LogP contribution in [0.3, 0.4) is 0 Å². The molecule has 98 valence electrons. The predicted octanol–water partition coefficient (Wildman–Crippen LogP) is 5.15. The Kier molecular flexibility index (Phi) is 4.45. The second-order valence-electron chi connectivity index (χ2n) is 3.71. The van der Waals surface area contributed by atoms with Gasteiger partial charge in [-0.05, 0) is 52.3 Å². The first-order chi connectivity index (χ1) is 8.97. The fraction of sp³-hybridized carbons (Fsp3) is 0. The molecule has 0 saturated heterocycles. The third-order valence-corrected chi connectivity index (χ3v) is 3.54. The molecule has 0 spiro atoms. The summed E-state index contributed by atoms with van der Waals surface area (Å²) in [6.07, 6.45) is 0. The summed E-state index contributed by atoms with van der Waals surface area (Å²) in [5.74, 6) is -0.948. The average Bonchev–Trinajstić information content (AvgIpc) is 2.36. The second-order valence-corrected chi connectivity index (χ2v) is 5.41. The van der Waals surface area contributed by atoms with Crippen LogP contribution in [-0.2, 0) is 0 Å². The Morgan fingerprint density at radius 3 is 2.53 bits per heavy atom. The zero-order valence-electron chi connectivity index (χ0n) is 9.38. The van der Waals surface area contributed by atoms with Crippen molar-refractivity contribution in [2.75, 3.05) is 5.32 Å². The summed E-state index contributed by atoms with van der Waals surface area (Å²) in [5, 5.41) is 3.13. The van der Waals surface area contributed by atoms with Gasteiger partial charge in [0.25, 0.3) is 5.91 Å². The number of amides is 1. The van der Waals surface area contributed by atoms with Crippen LogP contribution in [0.2, 0.25) is 10.0 Å². The Morgan fingerprint density at radius 1 is 1.16 bits per heavy atom. The van der Waals surface area contributed by atoms with Crippen LogP contribution in [0.25, 0.3) is 0 Å². The summed E-state index contributed by atoms with van der Waals surface area (Å²) >= 11 is 14.7. The molecule has 0 aliphatic heterocycles. The van der Waals surface area contributed by atoms with Gasteiger partial charge in [0, 0.05) is 15.1 Å². The average molecular weight is 363 g/mol. The Morgan fingerprint density at radius 2 is 1.89 bits per heavy atom. The molecule has 2 rings (SSSR count). The van der Waals surface area contributed by atoms with Crippen LogP contribution in [-0.4, -0.2) is 5.91 Å². The third-order valence-electron chi connectivity index (χ3n) is 2.36. The quantitative estimate of drug-likeness (QED) is 0.786. The van der Waals surface area contributed by atoms with Crippen LogP contribution < -0.4 is 5.32 Å². The Hall–Kier alpha value is -1.10. The SMILES string of the molecule is O=C(Nc1ccc(Cl)cc1Br)c1ccc(F)c(Cl)c1. The highest BCUT2D eigenvalue weighted by Gasteiger charge is 2.10. The maximum Gasteiger partial charge on any atom is 0.255 e. The lowest BCUT2D eigenvalue weighted by Gasteiger charge is -2.08. The maximum absolute atomic E-state index is 13.0. The minimum atomic E-state index is -0.564. The summed E-state index contributed by atoms with van der Waals surface area (Å²) in [5.41, 5.74) is 0.836. The lowest BCUT2D eigenvalue weighted by molar-refractivity contribution is 0.102. The van der Waals surface area contributed by atoms with Crippen LogP contribution in [0.4, 0.5) is 10.1 Å². The van der Waals surface area contributed by atoms with Gasteiger partial charge in [-0.3, -0.25) is 4.79 Å². The van der Waals surface area contributed by atoms with Gasteiger partial charge in [0.1, 0.15) is 5.82 Å². The standard InChI is InChI=1S/C13H7BrCl2FNO/c14-9-6-8(15)2-4-12(9)18-13(19)7-1-3-11(17)10(16)5-7/h1-6H,(H,18,19). The normalized spacial score (nSPS) is 10.3. The van der Waals surface area contributed by atoms with Crippen molar-refractivity contribution >= 4 is 50.7 Å². The minimum absolute atomic E-state index is 0.0946. The van der Waals surface area contributed by atoms with Gasteiger partial charge in [0.15, 0.2) is 0 Å². The first-order valence-electron chi connectivity index (χ1n) is 5.19. The van der Waals surface area contributed by atoms with Crippen molar-refractivity contribution in [2.24, 2.45) is 0 Å². The largest absolute Gasteiger partial charge is 0.321 e. The molecule has 0 unspecified atom stereocenters. The van der Waals surface area contributed by atoms with Gasteiger partial charge in [0.2, 0.25) is 0 Å². The molecule has 0 fully saturated rings. The number of anilines is 1. The number of carbonyl (C=O) groups is 1. The fourth-order valence-corrected chi connectivity index (χ4v) is 2.39. The van der Waals surface area contributed by atoms with Gasteiger partial charge in [-0.15, -0.1) is 0 Å². The highest BCUT2D eigenvalue weighted by molar-refractivity contribution is 9.10. The lowest BCUT2D eigenvalue weighted by atomic mass is 10.2. The van der Waals surface area contributed by atoms with E-state index in [2.05, 4.69) is 21.2 Å². The molecule has 0 aliphatic rings. The smallest absolute Gasteiger partial charge is 0.255 e. The van der Waals surface area contributed by atoms with Crippen molar-refractivity contribution in [2.45, 2.75) is 0 Å². The first-order valence-corrected chi connectivity index (χ1v) is 6.74. The van der Waals surface area contributed by atoms with Crippen molar-refractivity contribution in [3.63, 3.8) is 0 Å². The number of carbonyl (C=O) groups excluding carboxylic acids is 1. The van der Waals surface area contributed by atoms with E-state index in [1.54, 1.807) is 18.2 Å². The van der Waals surface area contributed by atoms with E-state index in [9.17, 15) is 9.18 Å². The summed E-state index contributed by atoms with van der Waals surface area (Å²) in [6.45, 7) is 0. The van der Waals surface area contributed by atoms with E-state index in [1.807, 2.05) is 0 Å². The second kappa shape index (κ2) is 5.90. The number of hydrogen-bond donors (Lipinski definition) is 1. The fourth-order valence-electron chi connectivity index (χ4n) is 1.42. The van der Waals surface area contributed by atoms with E-state index in [1.165, 1.54) is 12.1 Å². The summed E-state index contributed by atoms with van der Waals surface area (Å²) in [6, 6.07) is 8.76. The molecular weight excluding hydrogens is 356 g/mol. The van der Waals surface area contributed by atoms with E-state index in [0.29, 0.717) is 15.2 Å². The number of nitrogens with one attached hydrogen (secondary N) is 1. The summed E-state index contributed by atoms with van der Waals surface area (Å²) in [7, 11) is 0. The Bertz CT molecular complexity index is 649. The zero-order valence-corrected chi connectivity index (χ0v) is 12.5. The number of benzene rings is 2. The third kappa shape index (κ3) is 3.47. The number of halogens is 4. The molecule has 19 heavy (non-hydrogen) atoms. The minimum Gasteiger partial charge on any atom is -0.321 e. The molecule has 0 heterocycles. The van der Waals surface area contributed by atoms with Crippen molar-refractivity contribution in [3.8, 4) is 0 Å². The molecule has 6 heteroatoms. The van der Waals surface area contributed by atoms with Gasteiger partial charge in [-0.2, -0.15) is 0 Å². The molecule has 2 nitrogen and oxygen atoms in total. The van der Waals surface area contributed by atoms with Crippen molar-refractivity contribution in [1.82, 2.24) is 0 Å². The summed E-state index contributed by atoms with van der Waals surface area (Å²) in [4.78, 5) is 12.0. The molecular formula is C13H7BrCl2FNO. The Labute approximate surface area is 127 Å². The van der Waals surface area contributed by atoms with Crippen molar-refractivity contribution in [1.29, 1.82) is 0 Å². The van der Waals surface area contributed by atoms with Gasteiger partial charge in [-0.25, -0.2) is 4.39 Å². The van der Waals surface area contributed by atoms with E-state index in [-0.39, 0.29) is 16.5 Å². The lowest BCUT2D eigenvalue weighted by Crippen LogP contribution is -2.12. The first kappa shape index (κ1) is 14.3. The van der Waals surface area contributed by atoms with Gasteiger partial charge in [-0.1, -0.05) is 23.2 Å². The van der Waals surface area contributed by atoms with E-state index >= 15 is 0 Å². The molecule has 0 aromatic heterocycles. The van der Waals surface area contributed by atoms with Crippen LogP contribution in [0.1, 0.15) is 10.4 Å². The predicted molar refractivity (Wildman–Crippen MR) is 78.5 cm³/mol. The van der Waals surface area contributed by atoms with E-state index in [0.717, 1.165) is 6.07 Å². The monoisotopic (exact) mass is 361 g/mol. The molecule has 0 atom stereocenters. The molecule has 2 aromatic rings. The number of rotatable bonds is 2. The van der Waals surface area contributed by atoms with Gasteiger partial charge in [0.05, 0.1) is 10.7 Å².